The maximum atomic E-state index is 12.3. The van der Waals surface area contributed by atoms with Gasteiger partial charge in [0.2, 0.25) is 9.84 Å². The zero-order valence-electron chi connectivity index (χ0n) is 13.7. The predicted octanol–water partition coefficient (Wildman–Crippen LogP) is 4.01. The third-order valence-corrected chi connectivity index (χ3v) is 6.69. The first kappa shape index (κ1) is 16.8. The number of hydrogen-bond donors (Lipinski definition) is 0. The highest BCUT2D eigenvalue weighted by Gasteiger charge is 2.28. The number of allylic oxidation sites excluding steroid dienone is 1. The molecule has 0 radical (unpaired) electrons. The summed E-state index contributed by atoms with van der Waals surface area (Å²) < 4.78 is 26.6. The Labute approximate surface area is 156 Å². The number of rotatable bonds is 5. The molecule has 0 spiro atoms. The quantitative estimate of drug-likeness (QED) is 0.625. The van der Waals surface area contributed by atoms with Crippen LogP contribution in [0.15, 0.2) is 82.7 Å². The number of aromatic nitrogens is 3. The molecule has 0 saturated heterocycles. The monoisotopic (exact) mass is 381 g/mol. The Morgan fingerprint density at radius 3 is 2.54 bits per heavy atom. The van der Waals surface area contributed by atoms with E-state index in [0.717, 1.165) is 11.4 Å². The van der Waals surface area contributed by atoms with Crippen molar-refractivity contribution in [3.63, 3.8) is 0 Å². The van der Waals surface area contributed by atoms with Crippen LogP contribution in [0.3, 0.4) is 0 Å². The van der Waals surface area contributed by atoms with Crippen molar-refractivity contribution in [3.05, 3.63) is 78.2 Å². The van der Waals surface area contributed by atoms with Gasteiger partial charge in [0.25, 0.3) is 0 Å². The van der Waals surface area contributed by atoms with E-state index in [-0.39, 0.29) is 0 Å². The van der Waals surface area contributed by atoms with Crippen LogP contribution in [0.4, 0.5) is 0 Å². The molecule has 2 aromatic carbocycles. The minimum absolute atomic E-state index is 0.334. The summed E-state index contributed by atoms with van der Waals surface area (Å²) in [5.41, 5.74) is 1.65. The van der Waals surface area contributed by atoms with Gasteiger partial charge < -0.3 is 0 Å². The van der Waals surface area contributed by atoms with Gasteiger partial charge in [-0.2, -0.15) is 0 Å². The second-order valence-electron chi connectivity index (χ2n) is 5.70. The molecule has 2 heterocycles. The molecule has 0 fully saturated rings. The van der Waals surface area contributed by atoms with E-state index in [2.05, 4.69) is 16.8 Å². The van der Waals surface area contributed by atoms with Crippen LogP contribution in [0.25, 0.3) is 16.3 Å². The summed E-state index contributed by atoms with van der Waals surface area (Å²) in [7, 11) is -3.41. The topological polar surface area (TPSA) is 64.8 Å². The lowest BCUT2D eigenvalue weighted by atomic mass is 10.2. The molecular weight excluding hydrogens is 366 g/mol. The highest BCUT2D eigenvalue weighted by atomic mass is 32.2. The number of thioether (sulfide) groups is 1. The van der Waals surface area contributed by atoms with Crippen molar-refractivity contribution in [3.8, 4) is 11.4 Å². The summed E-state index contributed by atoms with van der Waals surface area (Å²) in [6.45, 7) is 4.34. The first-order valence-corrected chi connectivity index (χ1v) is 10.3. The highest BCUT2D eigenvalue weighted by Crippen LogP contribution is 2.43. The minimum atomic E-state index is -3.41. The van der Waals surface area contributed by atoms with E-state index < -0.39 is 9.84 Å². The second kappa shape index (κ2) is 6.59. The molecule has 130 valence electrons. The third kappa shape index (κ3) is 2.89. The van der Waals surface area contributed by atoms with Gasteiger partial charge in [0.1, 0.15) is 0 Å². The van der Waals surface area contributed by atoms with Gasteiger partial charge in [-0.05, 0) is 17.8 Å². The molecule has 26 heavy (non-hydrogen) atoms. The van der Waals surface area contributed by atoms with E-state index in [1.807, 2.05) is 47.0 Å². The standard InChI is InChI=1S/C19H15N3O2S2/c1-2-12-22-18(14-8-4-3-5-9-14)20-21-19(22)25-16-13-26(23,24)17-11-7-6-10-15(16)17/h2-11,13H,1,12H2. The molecule has 0 atom stereocenters. The van der Waals surface area contributed by atoms with Crippen LogP contribution in [0.2, 0.25) is 0 Å². The summed E-state index contributed by atoms with van der Waals surface area (Å²) in [6.07, 6.45) is 1.77. The van der Waals surface area contributed by atoms with Gasteiger partial charge >= 0.3 is 0 Å². The van der Waals surface area contributed by atoms with Crippen LogP contribution >= 0.6 is 11.8 Å². The Morgan fingerprint density at radius 2 is 1.77 bits per heavy atom. The normalized spacial score (nSPS) is 14.7. The van der Waals surface area contributed by atoms with Crippen molar-refractivity contribution in [1.82, 2.24) is 14.8 Å². The maximum absolute atomic E-state index is 12.3. The molecule has 5 nitrogen and oxygen atoms in total. The molecule has 0 bridgehead atoms. The fourth-order valence-corrected chi connectivity index (χ4v) is 5.59. The van der Waals surface area contributed by atoms with E-state index >= 15 is 0 Å². The van der Waals surface area contributed by atoms with Gasteiger partial charge in [-0.1, -0.05) is 54.6 Å². The van der Waals surface area contributed by atoms with Gasteiger partial charge in [-0.25, -0.2) is 8.42 Å². The molecular formula is C19H15N3O2S2. The average Bonchev–Trinajstić information content (AvgIpc) is 3.16. The van der Waals surface area contributed by atoms with Crippen molar-refractivity contribution in [1.29, 1.82) is 0 Å². The molecule has 1 aliphatic heterocycles. The Balaban J connectivity index is 1.76. The van der Waals surface area contributed by atoms with Crippen molar-refractivity contribution in [2.75, 3.05) is 0 Å². The lowest BCUT2D eigenvalue weighted by Gasteiger charge is -2.08. The van der Waals surface area contributed by atoms with Gasteiger partial charge in [0.05, 0.1) is 10.3 Å². The fourth-order valence-electron chi connectivity index (χ4n) is 2.82. The molecule has 0 aliphatic carbocycles. The summed E-state index contributed by atoms with van der Waals surface area (Å²) in [5, 5.41) is 10.5. The number of hydrogen-bond acceptors (Lipinski definition) is 5. The lowest BCUT2D eigenvalue weighted by Crippen LogP contribution is -2.00. The summed E-state index contributed by atoms with van der Waals surface area (Å²) >= 11 is 1.30. The van der Waals surface area contributed by atoms with Crippen LogP contribution in [0.5, 0.6) is 0 Å². The van der Waals surface area contributed by atoms with Crippen LogP contribution in [0, 0.1) is 0 Å². The molecule has 0 N–H and O–H groups in total. The third-order valence-electron chi connectivity index (χ3n) is 3.98. The zero-order chi connectivity index (χ0) is 18.1. The summed E-state index contributed by atoms with van der Waals surface area (Å²) in [6, 6.07) is 16.7. The van der Waals surface area contributed by atoms with Gasteiger partial charge in [0.15, 0.2) is 11.0 Å². The predicted molar refractivity (Wildman–Crippen MR) is 103 cm³/mol. The van der Waals surface area contributed by atoms with E-state index in [0.29, 0.717) is 27.1 Å². The second-order valence-corrected chi connectivity index (χ2v) is 8.47. The van der Waals surface area contributed by atoms with E-state index in [4.69, 9.17) is 0 Å². The molecule has 0 saturated carbocycles. The number of fused-ring (bicyclic) bond motifs is 1. The molecule has 0 unspecified atom stereocenters. The van der Waals surface area contributed by atoms with Crippen LogP contribution < -0.4 is 0 Å². The molecule has 1 aliphatic rings. The fraction of sp³-hybridized carbons (Fsp3) is 0.0526. The highest BCUT2D eigenvalue weighted by molar-refractivity contribution is 8.09. The SMILES string of the molecule is C=CCn1c(SC2=CS(=O)(=O)c3ccccc32)nnc1-c1ccccc1. The van der Waals surface area contributed by atoms with Crippen molar-refractivity contribution in [2.24, 2.45) is 0 Å². The first-order valence-electron chi connectivity index (χ1n) is 7.94. The van der Waals surface area contributed by atoms with E-state index in [9.17, 15) is 8.42 Å². The largest absolute Gasteiger partial charge is 0.298 e. The Hall–Kier alpha value is -2.64. The van der Waals surface area contributed by atoms with Gasteiger partial charge in [-0.3, -0.25) is 4.57 Å². The molecule has 3 aromatic rings. The first-order chi connectivity index (χ1) is 12.6. The Bertz CT molecular complexity index is 1120. The van der Waals surface area contributed by atoms with Crippen LogP contribution in [-0.4, -0.2) is 23.2 Å². The smallest absolute Gasteiger partial charge is 0.201 e. The lowest BCUT2D eigenvalue weighted by molar-refractivity contribution is 0.605. The Morgan fingerprint density at radius 1 is 1.04 bits per heavy atom. The van der Waals surface area contributed by atoms with Crippen LogP contribution in [0.1, 0.15) is 5.56 Å². The Kier molecular flexibility index (Phi) is 4.26. The minimum Gasteiger partial charge on any atom is -0.298 e. The van der Waals surface area contributed by atoms with Crippen molar-refractivity contribution >= 4 is 26.5 Å². The molecule has 4 rings (SSSR count). The molecule has 1 aromatic heterocycles. The number of sulfone groups is 1. The summed E-state index contributed by atoms with van der Waals surface area (Å²) in [5.74, 6) is 0.725. The zero-order valence-corrected chi connectivity index (χ0v) is 15.4. The number of nitrogens with zero attached hydrogens (tertiary/aromatic N) is 3. The summed E-state index contributed by atoms with van der Waals surface area (Å²) in [4.78, 5) is 0.985. The van der Waals surface area contributed by atoms with E-state index in [1.54, 1.807) is 18.2 Å². The maximum Gasteiger partial charge on any atom is 0.201 e. The van der Waals surface area contributed by atoms with Gasteiger partial charge in [-0.15, -0.1) is 16.8 Å². The average molecular weight is 381 g/mol. The van der Waals surface area contributed by atoms with E-state index in [1.165, 1.54) is 17.2 Å². The van der Waals surface area contributed by atoms with Gasteiger partial charge in [0, 0.05) is 22.6 Å². The molecule has 0 amide bonds. The molecule has 7 heteroatoms. The van der Waals surface area contributed by atoms with Crippen molar-refractivity contribution in [2.45, 2.75) is 16.6 Å². The number of benzene rings is 2. The van der Waals surface area contributed by atoms with Crippen molar-refractivity contribution < 1.29 is 8.42 Å². The van der Waals surface area contributed by atoms with Crippen LogP contribution in [-0.2, 0) is 16.4 Å².